The van der Waals surface area contributed by atoms with Crippen LogP contribution in [-0.4, -0.2) is 11.7 Å². The van der Waals surface area contributed by atoms with Gasteiger partial charge in [0.25, 0.3) is 0 Å². The Kier molecular flexibility index (Phi) is 9.05. The summed E-state index contributed by atoms with van der Waals surface area (Å²) in [5.41, 5.74) is 20.8. The highest BCUT2D eigenvalue weighted by Crippen LogP contribution is 2.65. The van der Waals surface area contributed by atoms with Crippen LogP contribution in [0.15, 0.2) is 234 Å². The zero-order valence-electron chi connectivity index (χ0n) is 39.7. The summed E-state index contributed by atoms with van der Waals surface area (Å²) >= 11 is 0. The molecule has 1 N–H and O–H groups in total. The van der Waals surface area contributed by atoms with Crippen molar-refractivity contribution >= 4 is 45.1 Å². The molecular formula is C66H52N4. The molecule has 336 valence electrons. The van der Waals surface area contributed by atoms with Crippen LogP contribution in [0.1, 0.15) is 78.7 Å². The molecule has 14 rings (SSSR count). The van der Waals surface area contributed by atoms with Gasteiger partial charge in [-0.25, -0.2) is 9.98 Å². The first-order valence-corrected chi connectivity index (χ1v) is 25.0. The fraction of sp³-hybridized carbons (Fsp3) is 0.152. The lowest BCUT2D eigenvalue weighted by molar-refractivity contribution is 0.585. The number of nitrogens with zero attached hydrogens (tertiary/aromatic N) is 3. The van der Waals surface area contributed by atoms with Gasteiger partial charge in [0.15, 0.2) is 6.17 Å². The first-order chi connectivity index (χ1) is 34.4. The van der Waals surface area contributed by atoms with E-state index >= 15 is 0 Å². The highest BCUT2D eigenvalue weighted by Gasteiger charge is 2.52. The quantitative estimate of drug-likeness (QED) is 0.187. The molecule has 2 heterocycles. The van der Waals surface area contributed by atoms with Gasteiger partial charge >= 0.3 is 0 Å². The summed E-state index contributed by atoms with van der Waals surface area (Å²) < 4.78 is 0. The van der Waals surface area contributed by atoms with Crippen LogP contribution in [-0.2, 0) is 10.8 Å². The third kappa shape index (κ3) is 5.89. The standard InChI is InChI=1S/C66H52N4/c1-41-37-52-49-34-31-45(38-57(49)65(2,3)58(52)40-51(41)64-68-62(43-20-7-4-8-21-43)67-63(69-64)44-22-9-5-10-23-44)46-33-35-55-60(39-46)70(47-24-11-6-12-25-47)59-30-18-17-29-54(59)66(55)53-28-16-15-27-50(53)61-48-26-14-13-19-42(48)32-36-56(61)66/h4,6-9,11-41,51,62H,5,10H2,1-3H3,(H,67,68,69). The van der Waals surface area contributed by atoms with Crippen molar-refractivity contribution in [1.29, 1.82) is 0 Å². The van der Waals surface area contributed by atoms with Crippen molar-refractivity contribution in [2.45, 2.75) is 50.6 Å². The molecule has 6 aliphatic rings. The average Bonchev–Trinajstić information content (AvgIpc) is 3.83. The minimum atomic E-state index is -0.525. The van der Waals surface area contributed by atoms with Crippen molar-refractivity contribution in [3.63, 3.8) is 0 Å². The monoisotopic (exact) mass is 900 g/mol. The molecular weight excluding hydrogens is 849 g/mol. The van der Waals surface area contributed by atoms with Crippen LogP contribution in [0.4, 0.5) is 17.1 Å². The predicted octanol–water partition coefficient (Wildman–Crippen LogP) is 15.9. The Balaban J connectivity index is 0.901. The van der Waals surface area contributed by atoms with E-state index < -0.39 is 5.41 Å². The molecule has 4 unspecified atom stereocenters. The summed E-state index contributed by atoms with van der Waals surface area (Å²) in [7, 11) is 0. The van der Waals surface area contributed by atoms with Gasteiger partial charge in [0, 0.05) is 22.6 Å². The smallest absolute Gasteiger partial charge is 0.169 e. The first kappa shape index (κ1) is 40.9. The highest BCUT2D eigenvalue weighted by molar-refractivity contribution is 6.13. The second-order valence-corrected chi connectivity index (χ2v) is 20.4. The van der Waals surface area contributed by atoms with Gasteiger partial charge in [0.1, 0.15) is 11.7 Å². The lowest BCUT2D eigenvalue weighted by Crippen LogP contribution is -2.42. The van der Waals surface area contributed by atoms with E-state index in [0.717, 1.165) is 41.3 Å². The Morgan fingerprint density at radius 3 is 2.14 bits per heavy atom. The molecule has 4 atom stereocenters. The number of amidine groups is 2. The van der Waals surface area contributed by atoms with E-state index in [9.17, 15) is 0 Å². The van der Waals surface area contributed by atoms with E-state index in [1.807, 2.05) is 0 Å². The minimum absolute atomic E-state index is 0.0698. The number of para-hydroxylation sites is 2. The summed E-state index contributed by atoms with van der Waals surface area (Å²) in [6, 6.07) is 67.9. The van der Waals surface area contributed by atoms with Crippen LogP contribution in [0.2, 0.25) is 0 Å². The van der Waals surface area contributed by atoms with E-state index in [1.165, 1.54) is 88.9 Å². The number of fused-ring (bicyclic) bond motifs is 14. The van der Waals surface area contributed by atoms with Crippen LogP contribution in [0.25, 0.3) is 38.6 Å². The fourth-order valence-electron chi connectivity index (χ4n) is 12.9. The second-order valence-electron chi connectivity index (χ2n) is 20.4. The van der Waals surface area contributed by atoms with Gasteiger partial charge in [0.2, 0.25) is 0 Å². The molecule has 70 heavy (non-hydrogen) atoms. The van der Waals surface area contributed by atoms with E-state index in [-0.39, 0.29) is 23.4 Å². The minimum Gasteiger partial charge on any atom is -0.328 e. The Bertz CT molecular complexity index is 3700. The maximum absolute atomic E-state index is 5.37. The molecule has 8 aromatic rings. The topological polar surface area (TPSA) is 40.0 Å². The summed E-state index contributed by atoms with van der Waals surface area (Å²) in [5, 5.41) is 6.33. The number of allylic oxidation sites excluding steroid dienone is 5. The summed E-state index contributed by atoms with van der Waals surface area (Å²) in [6.45, 7) is 7.16. The Labute approximate surface area is 410 Å². The zero-order valence-corrected chi connectivity index (χ0v) is 39.7. The van der Waals surface area contributed by atoms with Gasteiger partial charge in [-0.1, -0.05) is 203 Å². The number of aliphatic imine (C=N–C) groups is 2. The largest absolute Gasteiger partial charge is 0.328 e. The maximum Gasteiger partial charge on any atom is 0.169 e. The number of rotatable bonds is 5. The van der Waals surface area contributed by atoms with Crippen molar-refractivity contribution in [2.75, 3.05) is 4.90 Å². The Morgan fingerprint density at radius 2 is 1.30 bits per heavy atom. The lowest BCUT2D eigenvalue weighted by Gasteiger charge is -2.45. The number of benzene rings is 8. The first-order valence-electron chi connectivity index (χ1n) is 25.0. The molecule has 0 amide bonds. The van der Waals surface area contributed by atoms with Gasteiger partial charge in [-0.2, -0.15) is 0 Å². The van der Waals surface area contributed by atoms with Crippen LogP contribution in [0.5, 0.6) is 0 Å². The van der Waals surface area contributed by atoms with Crippen LogP contribution >= 0.6 is 0 Å². The molecule has 2 aliphatic heterocycles. The van der Waals surface area contributed by atoms with Gasteiger partial charge in [-0.05, 0) is 132 Å². The molecule has 8 aromatic carbocycles. The van der Waals surface area contributed by atoms with Crippen molar-refractivity contribution in [3.05, 3.63) is 262 Å². The van der Waals surface area contributed by atoms with Crippen LogP contribution in [0.3, 0.4) is 0 Å². The molecule has 4 aliphatic carbocycles. The normalized spacial score (nSPS) is 22.0. The Hall–Kier alpha value is -8.08. The van der Waals surface area contributed by atoms with E-state index in [0.29, 0.717) is 0 Å². The van der Waals surface area contributed by atoms with Gasteiger partial charge in [0.05, 0.1) is 16.8 Å². The molecule has 0 fully saturated rings. The van der Waals surface area contributed by atoms with Crippen molar-refractivity contribution < 1.29 is 0 Å². The fourth-order valence-corrected chi connectivity index (χ4v) is 12.9. The molecule has 0 aromatic heterocycles. The van der Waals surface area contributed by atoms with E-state index in [4.69, 9.17) is 9.98 Å². The Morgan fingerprint density at radius 1 is 0.586 bits per heavy atom. The zero-order chi connectivity index (χ0) is 46.7. The summed E-state index contributed by atoms with van der Waals surface area (Å²) in [6.07, 6.45) is 13.6. The number of anilines is 3. The number of hydrogen-bond acceptors (Lipinski definition) is 4. The molecule has 0 bridgehead atoms. The molecule has 4 nitrogen and oxygen atoms in total. The summed E-state index contributed by atoms with van der Waals surface area (Å²) in [4.78, 5) is 13.1. The van der Waals surface area contributed by atoms with Gasteiger partial charge < -0.3 is 10.2 Å². The van der Waals surface area contributed by atoms with Crippen molar-refractivity contribution in [2.24, 2.45) is 21.8 Å². The average molecular weight is 901 g/mol. The van der Waals surface area contributed by atoms with Crippen molar-refractivity contribution in [3.8, 4) is 22.3 Å². The van der Waals surface area contributed by atoms with Crippen LogP contribution in [0, 0.1) is 11.8 Å². The van der Waals surface area contributed by atoms with E-state index in [1.54, 1.807) is 0 Å². The maximum atomic E-state index is 5.37. The summed E-state index contributed by atoms with van der Waals surface area (Å²) in [5.74, 6) is 2.19. The number of nitrogens with one attached hydrogen (secondary N) is 1. The number of hydrogen-bond donors (Lipinski definition) is 1. The van der Waals surface area contributed by atoms with Crippen molar-refractivity contribution in [1.82, 2.24) is 5.32 Å². The van der Waals surface area contributed by atoms with E-state index in [2.05, 4.69) is 243 Å². The third-order valence-corrected chi connectivity index (χ3v) is 16.2. The molecule has 1 spiro atoms. The van der Waals surface area contributed by atoms with Gasteiger partial charge in [-0.3, -0.25) is 0 Å². The highest BCUT2D eigenvalue weighted by atomic mass is 15.2. The molecule has 0 saturated carbocycles. The molecule has 0 radical (unpaired) electrons. The second kappa shape index (κ2) is 15.5. The van der Waals surface area contributed by atoms with Gasteiger partial charge in [-0.15, -0.1) is 0 Å². The predicted molar refractivity (Wildman–Crippen MR) is 290 cm³/mol. The lowest BCUT2D eigenvalue weighted by atomic mass is 9.64. The molecule has 0 saturated heterocycles. The van der Waals surface area contributed by atoms with Crippen LogP contribution < -0.4 is 10.2 Å². The molecule has 4 heteroatoms. The third-order valence-electron chi connectivity index (χ3n) is 16.2. The SMILES string of the molecule is CC1C=C2C(=CC1C1=NC(c3ccccc3)N=C(C3=CCCC=C3)N1)C(C)(C)c1cc(-c3ccc4c(c3)N(c3ccccc3)c3ccccc3C43c4ccccc4-c4c3ccc3ccccc43)ccc12.